The van der Waals surface area contributed by atoms with E-state index in [9.17, 15) is 4.79 Å². The minimum Gasteiger partial charge on any atom is -0.351 e. The van der Waals surface area contributed by atoms with E-state index in [0.717, 1.165) is 30.4 Å². The van der Waals surface area contributed by atoms with E-state index in [-0.39, 0.29) is 5.91 Å². The number of carbonyl (C=O) groups excluding carboxylic acids is 1. The lowest BCUT2D eigenvalue weighted by molar-refractivity contribution is 0.0947. The van der Waals surface area contributed by atoms with Crippen LogP contribution in [0.2, 0.25) is 0 Å². The fourth-order valence-electron chi connectivity index (χ4n) is 2.78. The molecule has 1 fully saturated rings. The first-order valence-electron chi connectivity index (χ1n) is 7.26. The average molecular weight is 272 g/mol. The van der Waals surface area contributed by atoms with E-state index in [1.807, 2.05) is 24.3 Å². The van der Waals surface area contributed by atoms with Gasteiger partial charge in [0.05, 0.1) is 5.52 Å². The standard InChI is InChI=1S/C15H20N4O/c20-15(17-9-7-11-4-3-8-16-10-11)14-12-5-1-2-6-13(12)18-19-14/h1-2,5-6,11,16H,3-4,7-10H2,(H,17,20)(H,18,19). The van der Waals surface area contributed by atoms with E-state index < -0.39 is 0 Å². The van der Waals surface area contributed by atoms with Crippen LogP contribution in [-0.2, 0) is 0 Å². The van der Waals surface area contributed by atoms with Crippen molar-refractivity contribution in [1.82, 2.24) is 20.8 Å². The second-order valence-corrected chi connectivity index (χ2v) is 5.37. The van der Waals surface area contributed by atoms with Crippen LogP contribution in [-0.4, -0.2) is 35.7 Å². The lowest BCUT2D eigenvalue weighted by Crippen LogP contribution is -2.33. The molecule has 2 heterocycles. The number of aromatic nitrogens is 2. The molecule has 3 N–H and O–H groups in total. The van der Waals surface area contributed by atoms with Crippen LogP contribution in [0.1, 0.15) is 29.8 Å². The highest BCUT2D eigenvalue weighted by Gasteiger charge is 2.15. The van der Waals surface area contributed by atoms with Gasteiger partial charge in [0.2, 0.25) is 0 Å². The molecule has 0 saturated carbocycles. The Labute approximate surface area is 118 Å². The first-order chi connectivity index (χ1) is 9.84. The number of hydrogen-bond acceptors (Lipinski definition) is 3. The molecule has 2 aromatic rings. The predicted molar refractivity (Wildman–Crippen MR) is 78.6 cm³/mol. The van der Waals surface area contributed by atoms with E-state index in [4.69, 9.17) is 0 Å². The topological polar surface area (TPSA) is 69.8 Å². The summed E-state index contributed by atoms with van der Waals surface area (Å²) in [6.45, 7) is 2.91. The van der Waals surface area contributed by atoms with Crippen molar-refractivity contribution in [1.29, 1.82) is 0 Å². The second-order valence-electron chi connectivity index (χ2n) is 5.37. The quantitative estimate of drug-likeness (QED) is 0.793. The zero-order valence-corrected chi connectivity index (χ0v) is 11.5. The van der Waals surface area contributed by atoms with E-state index >= 15 is 0 Å². The zero-order valence-electron chi connectivity index (χ0n) is 11.5. The molecule has 1 atom stereocenters. The second kappa shape index (κ2) is 6.05. The highest BCUT2D eigenvalue weighted by atomic mass is 16.1. The van der Waals surface area contributed by atoms with Gasteiger partial charge in [-0.1, -0.05) is 18.2 Å². The summed E-state index contributed by atoms with van der Waals surface area (Å²) in [6, 6.07) is 7.69. The van der Waals surface area contributed by atoms with E-state index in [1.54, 1.807) is 0 Å². The summed E-state index contributed by atoms with van der Waals surface area (Å²) < 4.78 is 0. The number of hydrogen-bond donors (Lipinski definition) is 3. The molecule has 5 nitrogen and oxygen atoms in total. The third kappa shape index (κ3) is 2.82. The molecular weight excluding hydrogens is 252 g/mol. The van der Waals surface area contributed by atoms with Gasteiger partial charge in [-0.05, 0) is 44.3 Å². The summed E-state index contributed by atoms with van der Waals surface area (Å²) in [4.78, 5) is 12.2. The van der Waals surface area contributed by atoms with Crippen LogP contribution in [0.3, 0.4) is 0 Å². The summed E-state index contributed by atoms with van der Waals surface area (Å²) in [5.41, 5.74) is 1.39. The van der Waals surface area contributed by atoms with Crippen molar-refractivity contribution in [2.45, 2.75) is 19.3 Å². The Bertz CT molecular complexity index is 586. The number of benzene rings is 1. The average Bonchev–Trinajstić information content (AvgIpc) is 2.92. The monoisotopic (exact) mass is 272 g/mol. The van der Waals surface area contributed by atoms with E-state index in [1.165, 1.54) is 12.8 Å². The molecule has 1 aromatic carbocycles. The van der Waals surface area contributed by atoms with Crippen molar-refractivity contribution in [2.75, 3.05) is 19.6 Å². The van der Waals surface area contributed by atoms with Gasteiger partial charge >= 0.3 is 0 Å². The van der Waals surface area contributed by atoms with Gasteiger partial charge in [0.25, 0.3) is 5.91 Å². The van der Waals surface area contributed by atoms with Crippen molar-refractivity contribution in [3.63, 3.8) is 0 Å². The molecule has 1 aliphatic rings. The van der Waals surface area contributed by atoms with E-state index in [0.29, 0.717) is 18.2 Å². The summed E-state index contributed by atoms with van der Waals surface area (Å²) in [7, 11) is 0. The Morgan fingerprint density at radius 1 is 1.40 bits per heavy atom. The maximum atomic E-state index is 12.2. The highest BCUT2D eigenvalue weighted by Crippen LogP contribution is 2.15. The van der Waals surface area contributed by atoms with Crippen LogP contribution in [0.25, 0.3) is 10.9 Å². The number of H-pyrrole nitrogens is 1. The third-order valence-corrected chi connectivity index (χ3v) is 3.92. The van der Waals surface area contributed by atoms with Crippen LogP contribution < -0.4 is 10.6 Å². The molecule has 5 heteroatoms. The van der Waals surface area contributed by atoms with Crippen molar-refractivity contribution in [3.8, 4) is 0 Å². The predicted octanol–water partition coefficient (Wildman–Crippen LogP) is 1.68. The van der Waals surface area contributed by atoms with Gasteiger partial charge in [0, 0.05) is 11.9 Å². The number of rotatable bonds is 4. The molecule has 0 spiro atoms. The third-order valence-electron chi connectivity index (χ3n) is 3.92. The normalized spacial score (nSPS) is 19.1. The Balaban J connectivity index is 1.56. The SMILES string of the molecule is O=C(NCCC1CCCNC1)c1n[nH]c2ccccc12. The summed E-state index contributed by atoms with van der Waals surface area (Å²) in [5, 5.41) is 14.2. The maximum Gasteiger partial charge on any atom is 0.272 e. The van der Waals surface area contributed by atoms with Crippen LogP contribution in [0.15, 0.2) is 24.3 Å². The number of aromatic amines is 1. The molecule has 1 saturated heterocycles. The number of piperidine rings is 1. The van der Waals surface area contributed by atoms with Gasteiger partial charge in [0.1, 0.15) is 0 Å². The minimum atomic E-state index is -0.0915. The minimum absolute atomic E-state index is 0.0915. The molecule has 106 valence electrons. The fraction of sp³-hybridized carbons (Fsp3) is 0.467. The summed E-state index contributed by atoms with van der Waals surface area (Å²) in [6.07, 6.45) is 3.53. The van der Waals surface area contributed by atoms with Crippen molar-refractivity contribution < 1.29 is 4.79 Å². The molecule has 20 heavy (non-hydrogen) atoms. The van der Waals surface area contributed by atoms with Gasteiger partial charge in [-0.15, -0.1) is 0 Å². The lowest BCUT2D eigenvalue weighted by atomic mass is 9.96. The van der Waals surface area contributed by atoms with Gasteiger partial charge in [0.15, 0.2) is 5.69 Å². The number of carbonyl (C=O) groups is 1. The number of amides is 1. The molecule has 1 amide bonds. The summed E-state index contributed by atoms with van der Waals surface area (Å²) in [5.74, 6) is 0.589. The highest BCUT2D eigenvalue weighted by molar-refractivity contribution is 6.04. The van der Waals surface area contributed by atoms with Crippen molar-refractivity contribution >= 4 is 16.8 Å². The Hall–Kier alpha value is -1.88. The fourth-order valence-corrected chi connectivity index (χ4v) is 2.78. The Morgan fingerprint density at radius 3 is 3.15 bits per heavy atom. The smallest absolute Gasteiger partial charge is 0.272 e. The number of nitrogens with one attached hydrogen (secondary N) is 3. The molecule has 1 aliphatic heterocycles. The molecule has 1 unspecified atom stereocenters. The molecule has 3 rings (SSSR count). The first-order valence-corrected chi connectivity index (χ1v) is 7.26. The van der Waals surface area contributed by atoms with Crippen LogP contribution in [0.5, 0.6) is 0 Å². The van der Waals surface area contributed by atoms with Gasteiger partial charge in [-0.2, -0.15) is 5.10 Å². The van der Waals surface area contributed by atoms with Gasteiger partial charge in [-0.3, -0.25) is 9.89 Å². The number of fused-ring (bicyclic) bond motifs is 1. The van der Waals surface area contributed by atoms with Crippen LogP contribution >= 0.6 is 0 Å². The molecular formula is C15H20N4O. The molecule has 0 radical (unpaired) electrons. The summed E-state index contributed by atoms with van der Waals surface area (Å²) >= 11 is 0. The number of para-hydroxylation sites is 1. The van der Waals surface area contributed by atoms with Crippen LogP contribution in [0, 0.1) is 5.92 Å². The zero-order chi connectivity index (χ0) is 13.8. The van der Waals surface area contributed by atoms with E-state index in [2.05, 4.69) is 20.8 Å². The van der Waals surface area contributed by atoms with Gasteiger partial charge in [-0.25, -0.2) is 0 Å². The Morgan fingerprint density at radius 2 is 2.30 bits per heavy atom. The largest absolute Gasteiger partial charge is 0.351 e. The molecule has 0 aliphatic carbocycles. The van der Waals surface area contributed by atoms with Crippen LogP contribution in [0.4, 0.5) is 0 Å². The number of nitrogens with zero attached hydrogens (tertiary/aromatic N) is 1. The molecule has 0 bridgehead atoms. The van der Waals surface area contributed by atoms with Crippen molar-refractivity contribution in [3.05, 3.63) is 30.0 Å². The van der Waals surface area contributed by atoms with Gasteiger partial charge < -0.3 is 10.6 Å². The maximum absolute atomic E-state index is 12.2. The molecule has 1 aromatic heterocycles. The first kappa shape index (κ1) is 13.1. The van der Waals surface area contributed by atoms with Crippen molar-refractivity contribution in [2.24, 2.45) is 5.92 Å². The Kier molecular flexibility index (Phi) is 3.97. The lowest BCUT2D eigenvalue weighted by Gasteiger charge is -2.22.